The van der Waals surface area contributed by atoms with E-state index in [2.05, 4.69) is 0 Å². The summed E-state index contributed by atoms with van der Waals surface area (Å²) in [6.45, 7) is 14.5. The predicted molar refractivity (Wildman–Crippen MR) is 144 cm³/mol. The van der Waals surface area contributed by atoms with E-state index < -0.39 is 57.0 Å². The van der Waals surface area contributed by atoms with Crippen LogP contribution in [0.15, 0.2) is 34.6 Å². The molecule has 3 rings (SSSR count). The van der Waals surface area contributed by atoms with Gasteiger partial charge in [0.15, 0.2) is 17.3 Å². The van der Waals surface area contributed by atoms with E-state index in [1.807, 2.05) is 46.8 Å². The third kappa shape index (κ3) is 4.80. The highest BCUT2D eigenvalue weighted by atomic mass is 16.3. The van der Waals surface area contributed by atoms with E-state index in [9.17, 15) is 29.7 Å². The number of carbonyl (C=O) groups is 3. The lowest BCUT2D eigenvalue weighted by Gasteiger charge is -2.55. The Hall–Kier alpha value is -2.05. The standard InChI is InChI=1S/C31H46O6/c1-9-20(6)24(32)23-25(33)30(14-10-18(2)3,15-11-19(4)5)27(35)31(26(23)34)16-22-21(29(8,37)17-31)12-13-28(22,7)36/h10-11,20-22,34,36-37H,9,12-17H2,1-8H3/t20?,21-,22+,28-,29-,31+/m1/s1. The van der Waals surface area contributed by atoms with Crippen LogP contribution in [0.3, 0.4) is 0 Å². The highest BCUT2D eigenvalue weighted by molar-refractivity contribution is 6.31. The summed E-state index contributed by atoms with van der Waals surface area (Å²) < 4.78 is 0. The van der Waals surface area contributed by atoms with Crippen LogP contribution in [0.1, 0.15) is 100 Å². The van der Waals surface area contributed by atoms with Crippen LogP contribution in [-0.4, -0.2) is 43.9 Å². The molecule has 0 aromatic rings. The number of aliphatic hydroxyl groups excluding tert-OH is 1. The van der Waals surface area contributed by atoms with Crippen molar-refractivity contribution in [1.29, 1.82) is 0 Å². The van der Waals surface area contributed by atoms with Crippen molar-refractivity contribution in [3.63, 3.8) is 0 Å². The van der Waals surface area contributed by atoms with Gasteiger partial charge in [0, 0.05) is 5.92 Å². The number of aliphatic hydroxyl groups is 3. The number of ketones is 3. The molecule has 1 spiro atoms. The quantitative estimate of drug-likeness (QED) is 0.233. The lowest BCUT2D eigenvalue weighted by Crippen LogP contribution is -2.62. The Bertz CT molecular complexity index is 1040. The largest absolute Gasteiger partial charge is 0.510 e. The molecule has 0 aromatic heterocycles. The lowest BCUT2D eigenvalue weighted by molar-refractivity contribution is -0.168. The fourth-order valence-corrected chi connectivity index (χ4v) is 7.04. The lowest BCUT2D eigenvalue weighted by atomic mass is 9.48. The SMILES string of the molecule is CCC(C)C(=O)C1=C(O)[C@@]2(C[C@H]3[C@@H](CC[C@@]3(C)O)[C@](C)(O)C2)C(=O)C(CC=C(C)C)(CC=C(C)C)C1=O. The second-order valence-corrected chi connectivity index (χ2v) is 13.0. The van der Waals surface area contributed by atoms with Crippen LogP contribution in [0.5, 0.6) is 0 Å². The highest BCUT2D eigenvalue weighted by Crippen LogP contribution is 2.63. The fraction of sp³-hybridized carbons (Fsp3) is 0.710. The summed E-state index contributed by atoms with van der Waals surface area (Å²) in [7, 11) is 0. The van der Waals surface area contributed by atoms with E-state index in [0.717, 1.165) is 11.1 Å². The molecule has 3 aliphatic rings. The molecule has 3 aliphatic carbocycles. The Balaban J connectivity index is 2.37. The molecule has 0 aliphatic heterocycles. The summed E-state index contributed by atoms with van der Waals surface area (Å²) >= 11 is 0. The van der Waals surface area contributed by atoms with Crippen LogP contribution in [-0.2, 0) is 14.4 Å². The number of allylic oxidation sites excluding steroid dienone is 6. The molecule has 2 fully saturated rings. The van der Waals surface area contributed by atoms with Crippen LogP contribution in [0.2, 0.25) is 0 Å². The summed E-state index contributed by atoms with van der Waals surface area (Å²) in [5.41, 5.74) is -4.11. The molecule has 6 heteroatoms. The second-order valence-electron chi connectivity index (χ2n) is 13.0. The third-order valence-corrected chi connectivity index (χ3v) is 9.52. The molecule has 6 atom stereocenters. The number of Topliss-reactive ketones (excluding diaryl/α,β-unsaturated/α-hetero) is 3. The van der Waals surface area contributed by atoms with E-state index in [-0.39, 0.29) is 37.2 Å². The Kier molecular flexibility index (Phi) is 7.91. The average molecular weight is 515 g/mol. The highest BCUT2D eigenvalue weighted by Gasteiger charge is 2.69. The average Bonchev–Trinajstić information content (AvgIpc) is 3.11. The molecule has 3 N–H and O–H groups in total. The van der Waals surface area contributed by atoms with Gasteiger partial charge in [-0.15, -0.1) is 0 Å². The molecule has 0 radical (unpaired) electrons. The maximum atomic E-state index is 14.8. The van der Waals surface area contributed by atoms with Gasteiger partial charge in [-0.25, -0.2) is 0 Å². The first-order valence-corrected chi connectivity index (χ1v) is 13.8. The van der Waals surface area contributed by atoms with E-state index in [1.165, 1.54) is 0 Å². The fourth-order valence-electron chi connectivity index (χ4n) is 7.04. The molecule has 0 aromatic carbocycles. The van der Waals surface area contributed by atoms with Crippen molar-refractivity contribution in [1.82, 2.24) is 0 Å². The zero-order chi connectivity index (χ0) is 28.1. The van der Waals surface area contributed by atoms with Gasteiger partial charge in [0.05, 0.1) is 16.6 Å². The van der Waals surface area contributed by atoms with Crippen molar-refractivity contribution in [2.75, 3.05) is 0 Å². The van der Waals surface area contributed by atoms with Gasteiger partial charge in [-0.05, 0) is 98.3 Å². The zero-order valence-electron chi connectivity index (χ0n) is 23.9. The Morgan fingerprint density at radius 3 is 2.03 bits per heavy atom. The van der Waals surface area contributed by atoms with Crippen LogP contribution in [0, 0.1) is 28.6 Å². The first-order chi connectivity index (χ1) is 17.0. The predicted octanol–water partition coefficient (Wildman–Crippen LogP) is 5.57. The number of hydrogen-bond donors (Lipinski definition) is 3. The molecule has 1 unspecified atom stereocenters. The minimum atomic E-state index is -1.63. The van der Waals surface area contributed by atoms with Gasteiger partial charge in [0.25, 0.3) is 0 Å². The van der Waals surface area contributed by atoms with Crippen LogP contribution < -0.4 is 0 Å². The minimum absolute atomic E-state index is 0.0854. The Morgan fingerprint density at radius 2 is 1.54 bits per heavy atom. The Morgan fingerprint density at radius 1 is 1.00 bits per heavy atom. The van der Waals surface area contributed by atoms with Crippen molar-refractivity contribution >= 4 is 17.3 Å². The molecule has 0 amide bonds. The summed E-state index contributed by atoms with van der Waals surface area (Å²) in [5, 5.41) is 34.8. The number of fused-ring (bicyclic) bond motifs is 1. The maximum absolute atomic E-state index is 14.8. The van der Waals surface area contributed by atoms with Gasteiger partial charge in [0.2, 0.25) is 0 Å². The number of hydrogen-bond acceptors (Lipinski definition) is 6. The molecule has 0 saturated heterocycles. The van der Waals surface area contributed by atoms with Crippen molar-refractivity contribution in [2.45, 2.75) is 112 Å². The van der Waals surface area contributed by atoms with Crippen molar-refractivity contribution < 1.29 is 29.7 Å². The van der Waals surface area contributed by atoms with Crippen molar-refractivity contribution in [2.24, 2.45) is 28.6 Å². The van der Waals surface area contributed by atoms with Crippen LogP contribution in [0.4, 0.5) is 0 Å². The second kappa shape index (κ2) is 9.92. The molecule has 0 bridgehead atoms. The summed E-state index contributed by atoms with van der Waals surface area (Å²) in [4.78, 5) is 42.7. The van der Waals surface area contributed by atoms with Gasteiger partial charge in [0.1, 0.15) is 16.7 Å². The van der Waals surface area contributed by atoms with E-state index in [0.29, 0.717) is 19.3 Å². The van der Waals surface area contributed by atoms with E-state index in [1.54, 1.807) is 20.8 Å². The number of rotatable bonds is 7. The Labute approximate surface area is 221 Å². The van der Waals surface area contributed by atoms with Crippen molar-refractivity contribution in [3.05, 3.63) is 34.6 Å². The monoisotopic (exact) mass is 514 g/mol. The molecule has 206 valence electrons. The molecular weight excluding hydrogens is 468 g/mol. The van der Waals surface area contributed by atoms with Gasteiger partial charge >= 0.3 is 0 Å². The smallest absolute Gasteiger partial charge is 0.184 e. The molecule has 37 heavy (non-hydrogen) atoms. The van der Waals surface area contributed by atoms with Crippen molar-refractivity contribution in [3.8, 4) is 0 Å². The first-order valence-electron chi connectivity index (χ1n) is 13.8. The first kappa shape index (κ1) is 29.5. The van der Waals surface area contributed by atoms with Gasteiger partial charge in [-0.2, -0.15) is 0 Å². The minimum Gasteiger partial charge on any atom is -0.510 e. The molecule has 2 saturated carbocycles. The maximum Gasteiger partial charge on any atom is 0.184 e. The van der Waals surface area contributed by atoms with Gasteiger partial charge < -0.3 is 15.3 Å². The van der Waals surface area contributed by atoms with E-state index >= 15 is 0 Å². The van der Waals surface area contributed by atoms with Gasteiger partial charge in [-0.1, -0.05) is 37.1 Å². The zero-order valence-corrected chi connectivity index (χ0v) is 23.9. The van der Waals surface area contributed by atoms with E-state index in [4.69, 9.17) is 0 Å². The summed E-state index contributed by atoms with van der Waals surface area (Å²) in [5.74, 6) is -3.25. The molecule has 0 heterocycles. The summed E-state index contributed by atoms with van der Waals surface area (Å²) in [6.07, 6.45) is 5.50. The number of carbonyl (C=O) groups excluding carboxylic acids is 3. The third-order valence-electron chi connectivity index (χ3n) is 9.52. The topological polar surface area (TPSA) is 112 Å². The molecular formula is C31H46O6. The van der Waals surface area contributed by atoms with Gasteiger partial charge in [-0.3, -0.25) is 14.4 Å². The van der Waals surface area contributed by atoms with Crippen LogP contribution >= 0.6 is 0 Å². The normalized spacial score (nSPS) is 35.8. The van der Waals surface area contributed by atoms with Crippen LogP contribution in [0.25, 0.3) is 0 Å². The molecule has 6 nitrogen and oxygen atoms in total. The summed E-state index contributed by atoms with van der Waals surface area (Å²) in [6, 6.07) is 0.